The number of rotatable bonds is 4. The number of carboxylic acid groups (broad SMARTS) is 1. The highest BCUT2D eigenvalue weighted by Crippen LogP contribution is 2.39. The number of benzene rings is 1. The van der Waals surface area contributed by atoms with Gasteiger partial charge in [-0.05, 0) is 50.4 Å². The van der Waals surface area contributed by atoms with E-state index < -0.39 is 11.5 Å². The van der Waals surface area contributed by atoms with Crippen LogP contribution in [0.5, 0.6) is 0 Å². The molecule has 19 heavy (non-hydrogen) atoms. The smallest absolute Gasteiger partial charge is 0.324 e. The molecule has 0 spiro atoms. The van der Waals surface area contributed by atoms with Crippen molar-refractivity contribution in [2.24, 2.45) is 0 Å². The van der Waals surface area contributed by atoms with Crippen molar-refractivity contribution < 1.29 is 9.90 Å². The van der Waals surface area contributed by atoms with Gasteiger partial charge in [-0.3, -0.25) is 9.69 Å². The molecule has 2 unspecified atom stereocenters. The van der Waals surface area contributed by atoms with Crippen molar-refractivity contribution in [3.8, 4) is 0 Å². The summed E-state index contributed by atoms with van der Waals surface area (Å²) < 4.78 is 0. The number of carboxylic acids is 1. The molecule has 1 aliphatic rings. The fraction of sp³-hybridized carbons (Fsp3) is 0.533. The lowest BCUT2D eigenvalue weighted by Gasteiger charge is -2.38. The van der Waals surface area contributed by atoms with Crippen molar-refractivity contribution in [3.05, 3.63) is 34.9 Å². The Balaban J connectivity index is 2.32. The van der Waals surface area contributed by atoms with Crippen LogP contribution in [0.1, 0.15) is 44.7 Å². The topological polar surface area (TPSA) is 40.5 Å². The Bertz CT molecular complexity index is 477. The van der Waals surface area contributed by atoms with Gasteiger partial charge in [-0.25, -0.2) is 0 Å². The van der Waals surface area contributed by atoms with E-state index in [4.69, 9.17) is 11.6 Å². The Morgan fingerprint density at radius 1 is 1.58 bits per heavy atom. The summed E-state index contributed by atoms with van der Waals surface area (Å²) >= 11 is 6.03. The van der Waals surface area contributed by atoms with Gasteiger partial charge in [0.2, 0.25) is 0 Å². The summed E-state index contributed by atoms with van der Waals surface area (Å²) in [5.41, 5.74) is 0.357. The van der Waals surface area contributed by atoms with Crippen LogP contribution in [0.15, 0.2) is 24.3 Å². The molecule has 104 valence electrons. The van der Waals surface area contributed by atoms with Crippen molar-refractivity contribution in [1.82, 2.24) is 4.90 Å². The normalized spacial score (nSPS) is 25.4. The second-order valence-electron chi connectivity index (χ2n) is 5.22. The maximum absolute atomic E-state index is 11.7. The highest BCUT2D eigenvalue weighted by molar-refractivity contribution is 6.30. The third-order valence-corrected chi connectivity index (χ3v) is 4.56. The molecule has 1 saturated heterocycles. The van der Waals surface area contributed by atoms with Crippen LogP contribution in [0, 0.1) is 0 Å². The van der Waals surface area contributed by atoms with Crippen LogP contribution < -0.4 is 0 Å². The van der Waals surface area contributed by atoms with Gasteiger partial charge < -0.3 is 5.11 Å². The highest BCUT2D eigenvalue weighted by Gasteiger charge is 2.48. The van der Waals surface area contributed by atoms with E-state index in [0.717, 1.165) is 24.9 Å². The number of nitrogens with zero attached hydrogens (tertiary/aromatic N) is 1. The van der Waals surface area contributed by atoms with Crippen LogP contribution in [-0.2, 0) is 4.79 Å². The highest BCUT2D eigenvalue weighted by atomic mass is 35.5. The first-order valence-corrected chi connectivity index (χ1v) is 7.14. The Hall–Kier alpha value is -1.06. The third kappa shape index (κ3) is 2.49. The number of hydrogen-bond acceptors (Lipinski definition) is 2. The second-order valence-corrected chi connectivity index (χ2v) is 5.65. The Morgan fingerprint density at radius 2 is 2.32 bits per heavy atom. The van der Waals surface area contributed by atoms with E-state index in [1.165, 1.54) is 0 Å². The van der Waals surface area contributed by atoms with E-state index in [0.29, 0.717) is 11.4 Å². The first kappa shape index (κ1) is 14.4. The van der Waals surface area contributed by atoms with Gasteiger partial charge in [-0.15, -0.1) is 0 Å². The van der Waals surface area contributed by atoms with Gasteiger partial charge in [0.25, 0.3) is 0 Å². The standard InChI is InChI=1S/C15H20ClNO2/c1-3-15(14(18)19)8-5-9-17(15)11(2)12-6-4-7-13(16)10-12/h4,6-7,10-11H,3,5,8-9H2,1-2H3,(H,18,19). The summed E-state index contributed by atoms with van der Waals surface area (Å²) in [4.78, 5) is 13.8. The minimum atomic E-state index is -0.721. The molecule has 2 rings (SSSR count). The van der Waals surface area contributed by atoms with Crippen LogP contribution >= 0.6 is 11.6 Å². The van der Waals surface area contributed by atoms with Gasteiger partial charge in [0, 0.05) is 11.1 Å². The molecule has 0 aliphatic carbocycles. The van der Waals surface area contributed by atoms with Gasteiger partial charge in [0.1, 0.15) is 5.54 Å². The molecule has 4 heteroatoms. The van der Waals surface area contributed by atoms with Crippen LogP contribution in [0.2, 0.25) is 5.02 Å². The number of carbonyl (C=O) groups is 1. The molecule has 3 nitrogen and oxygen atoms in total. The maximum Gasteiger partial charge on any atom is 0.324 e. The molecule has 1 aromatic carbocycles. The van der Waals surface area contributed by atoms with Crippen LogP contribution in [-0.4, -0.2) is 28.1 Å². The summed E-state index contributed by atoms with van der Waals surface area (Å²) in [7, 11) is 0. The van der Waals surface area contributed by atoms with Crippen LogP contribution in [0.4, 0.5) is 0 Å². The summed E-state index contributed by atoms with van der Waals surface area (Å²) in [6, 6.07) is 7.76. The minimum absolute atomic E-state index is 0.0669. The van der Waals surface area contributed by atoms with Crippen molar-refractivity contribution in [3.63, 3.8) is 0 Å². The van der Waals surface area contributed by atoms with Gasteiger partial charge in [-0.1, -0.05) is 30.7 Å². The summed E-state index contributed by atoms with van der Waals surface area (Å²) in [6.45, 7) is 4.84. The van der Waals surface area contributed by atoms with E-state index in [9.17, 15) is 9.90 Å². The van der Waals surface area contributed by atoms with Gasteiger partial charge in [0.15, 0.2) is 0 Å². The molecule has 1 fully saturated rings. The molecule has 1 heterocycles. The summed E-state index contributed by atoms with van der Waals surface area (Å²) in [6.07, 6.45) is 2.29. The summed E-state index contributed by atoms with van der Waals surface area (Å²) in [5.74, 6) is -0.707. The van der Waals surface area contributed by atoms with Gasteiger partial charge >= 0.3 is 5.97 Å². The molecular weight excluding hydrogens is 262 g/mol. The summed E-state index contributed by atoms with van der Waals surface area (Å²) in [5, 5.41) is 10.3. The fourth-order valence-electron chi connectivity index (χ4n) is 3.17. The fourth-order valence-corrected chi connectivity index (χ4v) is 3.37. The first-order chi connectivity index (χ1) is 9.01. The van der Waals surface area contributed by atoms with E-state index in [2.05, 4.69) is 11.8 Å². The third-order valence-electron chi connectivity index (χ3n) is 4.32. The van der Waals surface area contributed by atoms with Crippen LogP contribution in [0.25, 0.3) is 0 Å². The van der Waals surface area contributed by atoms with E-state index >= 15 is 0 Å². The van der Waals surface area contributed by atoms with Crippen LogP contribution in [0.3, 0.4) is 0 Å². The average Bonchev–Trinajstić information content (AvgIpc) is 2.82. The molecule has 1 N–H and O–H groups in total. The molecule has 0 aromatic heterocycles. The number of hydrogen-bond donors (Lipinski definition) is 1. The lowest BCUT2D eigenvalue weighted by molar-refractivity contribution is -0.151. The zero-order chi connectivity index (χ0) is 14.0. The molecule has 0 saturated carbocycles. The van der Waals surface area contributed by atoms with Crippen molar-refractivity contribution in [2.45, 2.75) is 44.7 Å². The molecule has 1 aromatic rings. The Labute approximate surface area is 119 Å². The Morgan fingerprint density at radius 3 is 2.89 bits per heavy atom. The van der Waals surface area contributed by atoms with Crippen molar-refractivity contribution >= 4 is 17.6 Å². The second kappa shape index (κ2) is 5.51. The molecule has 1 aliphatic heterocycles. The maximum atomic E-state index is 11.7. The van der Waals surface area contributed by atoms with E-state index in [1.807, 2.05) is 31.2 Å². The lowest BCUT2D eigenvalue weighted by Crippen LogP contribution is -2.50. The first-order valence-electron chi connectivity index (χ1n) is 6.77. The monoisotopic (exact) mass is 281 g/mol. The zero-order valence-corrected chi connectivity index (χ0v) is 12.2. The molecular formula is C15H20ClNO2. The Kier molecular flexibility index (Phi) is 4.16. The van der Waals surface area contributed by atoms with E-state index in [1.54, 1.807) is 0 Å². The van der Waals surface area contributed by atoms with E-state index in [-0.39, 0.29) is 6.04 Å². The zero-order valence-electron chi connectivity index (χ0n) is 11.4. The minimum Gasteiger partial charge on any atom is -0.480 e. The number of aliphatic carboxylic acids is 1. The average molecular weight is 282 g/mol. The van der Waals surface area contributed by atoms with Gasteiger partial charge in [-0.2, -0.15) is 0 Å². The molecule has 0 radical (unpaired) electrons. The van der Waals surface area contributed by atoms with Crippen molar-refractivity contribution in [2.75, 3.05) is 6.54 Å². The largest absolute Gasteiger partial charge is 0.480 e. The molecule has 0 bridgehead atoms. The SMILES string of the molecule is CCC1(C(=O)O)CCCN1C(C)c1cccc(Cl)c1. The van der Waals surface area contributed by atoms with Gasteiger partial charge in [0.05, 0.1) is 0 Å². The lowest BCUT2D eigenvalue weighted by atomic mass is 9.91. The number of halogens is 1. The van der Waals surface area contributed by atoms with Crippen molar-refractivity contribution in [1.29, 1.82) is 0 Å². The number of likely N-dealkylation sites (tertiary alicyclic amines) is 1. The quantitative estimate of drug-likeness (QED) is 0.914. The molecule has 2 atom stereocenters. The predicted octanol–water partition coefficient (Wildman–Crippen LogP) is 3.73. The molecule has 0 amide bonds. The predicted molar refractivity (Wildman–Crippen MR) is 76.5 cm³/mol.